The van der Waals surface area contributed by atoms with Gasteiger partial charge in [0.1, 0.15) is 0 Å². The Hall–Kier alpha value is -1.66. The van der Waals surface area contributed by atoms with Gasteiger partial charge in [-0.15, -0.1) is 0 Å². The molecule has 1 aromatic rings. The molecule has 1 N–H and O–H groups in total. The van der Waals surface area contributed by atoms with Crippen molar-refractivity contribution in [2.45, 2.75) is 51.0 Å². The molecule has 0 aliphatic carbocycles. The van der Waals surface area contributed by atoms with Gasteiger partial charge in [0, 0.05) is 24.7 Å². The van der Waals surface area contributed by atoms with Crippen LogP contribution in [-0.2, 0) is 14.8 Å². The first kappa shape index (κ1) is 18.7. The number of hydrogen-bond donors (Lipinski definition) is 1. The summed E-state index contributed by atoms with van der Waals surface area (Å²) in [5.74, 6) is -0.0586. The molecule has 0 radical (unpaired) electrons. The third-order valence-electron chi connectivity index (χ3n) is 4.32. The molecule has 0 aromatic heterocycles. The molecule has 0 unspecified atom stereocenters. The van der Waals surface area contributed by atoms with Crippen molar-refractivity contribution in [3.05, 3.63) is 41.5 Å². The fraction of sp³-hybridized carbons (Fsp3) is 0.500. The maximum atomic E-state index is 12.7. The molecule has 1 amide bonds. The van der Waals surface area contributed by atoms with Crippen LogP contribution >= 0.6 is 0 Å². The number of carbonyl (C=O) groups excluding carboxylic acids is 1. The lowest BCUT2D eigenvalue weighted by atomic mass is 10.1. The van der Waals surface area contributed by atoms with Crippen LogP contribution in [0.1, 0.15) is 38.7 Å². The normalized spacial score (nSPS) is 17.7. The standard InChI is InChI=1S/C18H26N2O3S/c1-4-5-15(3)18(21)19-16-10-12-20(13-11-16)24(22,23)17-8-6-14(2)7-9-17/h5-9,16H,4,10-13H2,1-3H3,(H,19,21)/b15-5+. The van der Waals surface area contributed by atoms with E-state index in [1.807, 2.05) is 32.1 Å². The van der Waals surface area contributed by atoms with Crippen molar-refractivity contribution >= 4 is 15.9 Å². The van der Waals surface area contributed by atoms with E-state index < -0.39 is 10.0 Å². The van der Waals surface area contributed by atoms with E-state index in [9.17, 15) is 13.2 Å². The number of allylic oxidation sites excluding steroid dienone is 1. The summed E-state index contributed by atoms with van der Waals surface area (Å²) in [6.07, 6.45) is 3.99. The number of piperidine rings is 1. The van der Waals surface area contributed by atoms with Crippen LogP contribution in [0.15, 0.2) is 40.8 Å². The summed E-state index contributed by atoms with van der Waals surface area (Å²) in [6.45, 7) is 6.58. The second-order valence-electron chi connectivity index (χ2n) is 6.26. The van der Waals surface area contributed by atoms with E-state index in [4.69, 9.17) is 0 Å². The van der Waals surface area contributed by atoms with Gasteiger partial charge in [0.15, 0.2) is 0 Å². The van der Waals surface area contributed by atoms with Crippen LogP contribution in [0.5, 0.6) is 0 Å². The van der Waals surface area contributed by atoms with Crippen molar-refractivity contribution in [3.8, 4) is 0 Å². The minimum atomic E-state index is -3.45. The highest BCUT2D eigenvalue weighted by Gasteiger charge is 2.29. The van der Waals surface area contributed by atoms with Gasteiger partial charge in [0.05, 0.1) is 4.90 Å². The number of benzene rings is 1. The van der Waals surface area contributed by atoms with Gasteiger partial charge in [-0.25, -0.2) is 8.42 Å². The van der Waals surface area contributed by atoms with Gasteiger partial charge in [-0.3, -0.25) is 4.79 Å². The predicted octanol–water partition coefficient (Wildman–Crippen LogP) is 2.62. The Morgan fingerprint density at radius 2 is 1.83 bits per heavy atom. The van der Waals surface area contributed by atoms with Gasteiger partial charge >= 0.3 is 0 Å². The summed E-state index contributed by atoms with van der Waals surface area (Å²) in [7, 11) is -3.45. The quantitative estimate of drug-likeness (QED) is 0.830. The number of amides is 1. The van der Waals surface area contributed by atoms with Gasteiger partial charge in [-0.1, -0.05) is 30.7 Å². The molecule has 1 heterocycles. The fourth-order valence-electron chi connectivity index (χ4n) is 2.80. The predicted molar refractivity (Wildman–Crippen MR) is 95.2 cm³/mol. The highest BCUT2D eigenvalue weighted by atomic mass is 32.2. The van der Waals surface area contributed by atoms with E-state index in [0.717, 1.165) is 12.0 Å². The van der Waals surface area contributed by atoms with Crippen molar-refractivity contribution in [1.82, 2.24) is 9.62 Å². The minimum Gasteiger partial charge on any atom is -0.350 e. The van der Waals surface area contributed by atoms with Crippen molar-refractivity contribution in [3.63, 3.8) is 0 Å². The number of hydrogen-bond acceptors (Lipinski definition) is 3. The summed E-state index contributed by atoms with van der Waals surface area (Å²) in [5.41, 5.74) is 1.75. The first-order chi connectivity index (χ1) is 11.3. The van der Waals surface area contributed by atoms with Gasteiger partial charge in [0.2, 0.25) is 15.9 Å². The second kappa shape index (κ2) is 7.94. The Morgan fingerprint density at radius 3 is 2.38 bits per heavy atom. The van der Waals surface area contributed by atoms with Crippen LogP contribution in [0.2, 0.25) is 0 Å². The molecule has 0 saturated carbocycles. The molecule has 1 saturated heterocycles. The molecule has 5 nitrogen and oxygen atoms in total. The zero-order valence-electron chi connectivity index (χ0n) is 14.6. The Kier molecular flexibility index (Phi) is 6.18. The average Bonchev–Trinajstić information content (AvgIpc) is 2.56. The Morgan fingerprint density at radius 1 is 1.25 bits per heavy atom. The largest absolute Gasteiger partial charge is 0.350 e. The number of carbonyl (C=O) groups is 1. The molecule has 1 aliphatic rings. The molecule has 1 fully saturated rings. The average molecular weight is 350 g/mol. The van der Waals surface area contributed by atoms with E-state index in [1.165, 1.54) is 4.31 Å². The molecular weight excluding hydrogens is 324 g/mol. The second-order valence-corrected chi connectivity index (χ2v) is 8.20. The third-order valence-corrected chi connectivity index (χ3v) is 6.23. The monoisotopic (exact) mass is 350 g/mol. The van der Waals surface area contributed by atoms with Crippen LogP contribution in [0.3, 0.4) is 0 Å². The molecule has 2 rings (SSSR count). The van der Waals surface area contributed by atoms with Gasteiger partial charge < -0.3 is 5.32 Å². The molecule has 1 aliphatic heterocycles. The molecular formula is C18H26N2O3S. The lowest BCUT2D eigenvalue weighted by Gasteiger charge is -2.31. The van der Waals surface area contributed by atoms with Crippen molar-refractivity contribution < 1.29 is 13.2 Å². The van der Waals surface area contributed by atoms with Crippen LogP contribution in [-0.4, -0.2) is 37.8 Å². The first-order valence-electron chi connectivity index (χ1n) is 8.39. The maximum Gasteiger partial charge on any atom is 0.246 e. The molecule has 24 heavy (non-hydrogen) atoms. The molecule has 1 aromatic carbocycles. The lowest BCUT2D eigenvalue weighted by Crippen LogP contribution is -2.46. The molecule has 0 bridgehead atoms. The van der Waals surface area contributed by atoms with E-state index in [1.54, 1.807) is 19.1 Å². The summed E-state index contributed by atoms with van der Waals surface area (Å²) in [4.78, 5) is 12.4. The first-order valence-corrected chi connectivity index (χ1v) is 9.83. The third kappa shape index (κ3) is 4.45. The Balaban J connectivity index is 1.96. The Bertz CT molecular complexity index is 700. The number of nitrogens with zero attached hydrogens (tertiary/aromatic N) is 1. The molecule has 0 spiro atoms. The number of nitrogens with one attached hydrogen (secondary N) is 1. The van der Waals surface area contributed by atoms with Crippen LogP contribution in [0.4, 0.5) is 0 Å². The zero-order chi connectivity index (χ0) is 17.7. The smallest absolute Gasteiger partial charge is 0.246 e. The zero-order valence-corrected chi connectivity index (χ0v) is 15.4. The minimum absolute atomic E-state index is 0.0298. The van der Waals surface area contributed by atoms with E-state index in [0.29, 0.717) is 36.4 Å². The topological polar surface area (TPSA) is 66.5 Å². The van der Waals surface area contributed by atoms with E-state index in [2.05, 4.69) is 5.32 Å². The highest BCUT2D eigenvalue weighted by Crippen LogP contribution is 2.21. The maximum absolute atomic E-state index is 12.7. The van der Waals surface area contributed by atoms with Crippen molar-refractivity contribution in [2.24, 2.45) is 0 Å². The van der Waals surface area contributed by atoms with Crippen molar-refractivity contribution in [1.29, 1.82) is 0 Å². The van der Waals surface area contributed by atoms with Crippen LogP contribution in [0.25, 0.3) is 0 Å². The van der Waals surface area contributed by atoms with Crippen LogP contribution < -0.4 is 5.32 Å². The van der Waals surface area contributed by atoms with Crippen LogP contribution in [0, 0.1) is 6.92 Å². The summed E-state index contributed by atoms with van der Waals surface area (Å²) in [5, 5.41) is 2.99. The molecule has 6 heteroatoms. The summed E-state index contributed by atoms with van der Waals surface area (Å²) < 4.78 is 26.8. The number of sulfonamides is 1. The number of rotatable bonds is 5. The summed E-state index contributed by atoms with van der Waals surface area (Å²) >= 11 is 0. The van der Waals surface area contributed by atoms with E-state index >= 15 is 0 Å². The molecule has 132 valence electrons. The highest BCUT2D eigenvalue weighted by molar-refractivity contribution is 7.89. The summed E-state index contributed by atoms with van der Waals surface area (Å²) in [6, 6.07) is 6.95. The Labute approximate surface area is 144 Å². The SMILES string of the molecule is CC/C=C(\C)C(=O)NC1CCN(S(=O)(=O)c2ccc(C)cc2)CC1. The van der Waals surface area contributed by atoms with E-state index in [-0.39, 0.29) is 11.9 Å². The van der Waals surface area contributed by atoms with Gasteiger partial charge in [-0.05, 0) is 45.2 Å². The fourth-order valence-corrected chi connectivity index (χ4v) is 4.27. The number of aryl methyl sites for hydroxylation is 1. The molecule has 0 atom stereocenters. The van der Waals surface area contributed by atoms with Gasteiger partial charge in [-0.2, -0.15) is 4.31 Å². The van der Waals surface area contributed by atoms with Gasteiger partial charge in [0.25, 0.3) is 0 Å². The van der Waals surface area contributed by atoms with Crippen molar-refractivity contribution in [2.75, 3.05) is 13.1 Å². The lowest BCUT2D eigenvalue weighted by molar-refractivity contribution is -0.118.